The first-order chi connectivity index (χ1) is 17.2. The number of benzene rings is 4. The Labute approximate surface area is 204 Å². The minimum atomic E-state index is -0.547. The Morgan fingerprint density at radius 3 is 1.91 bits per heavy atom. The quantitative estimate of drug-likeness (QED) is 0.203. The summed E-state index contributed by atoms with van der Waals surface area (Å²) in [5, 5.41) is 0. The Hall–Kier alpha value is -4.64. The molecule has 0 aliphatic carbocycles. The Balaban J connectivity index is 1.47. The van der Waals surface area contributed by atoms with Gasteiger partial charge in [-0.25, -0.2) is 9.69 Å². The van der Waals surface area contributed by atoms with Gasteiger partial charge in [0.25, 0.3) is 0 Å². The second-order valence-corrected chi connectivity index (χ2v) is 7.57. The molecule has 0 saturated heterocycles. The lowest BCUT2D eigenvalue weighted by atomic mass is 10.1. The molecule has 0 heterocycles. The molecule has 0 saturated carbocycles. The maximum Gasteiger partial charge on any atom is 0.424 e. The van der Waals surface area contributed by atoms with Gasteiger partial charge in [-0.1, -0.05) is 54.6 Å². The lowest BCUT2D eigenvalue weighted by molar-refractivity contribution is 0.104. The van der Waals surface area contributed by atoms with Gasteiger partial charge in [0.15, 0.2) is 5.78 Å². The van der Waals surface area contributed by atoms with Crippen LogP contribution in [-0.4, -0.2) is 18.5 Å². The SMILES string of the molecule is CCOc1ccccc1C=CC(=O)c1ccc(OC(=O)N(c2ccccc2)c2ccccc2)cc1. The number of para-hydroxylation sites is 3. The fourth-order valence-corrected chi connectivity index (χ4v) is 3.51. The molecular formula is C30H25NO4. The van der Waals surface area contributed by atoms with Gasteiger partial charge < -0.3 is 9.47 Å². The third-order valence-corrected chi connectivity index (χ3v) is 5.19. The number of allylic oxidation sites excluding steroid dienone is 1. The number of carbonyl (C=O) groups excluding carboxylic acids is 2. The van der Waals surface area contributed by atoms with Crippen molar-refractivity contribution >= 4 is 29.3 Å². The first kappa shape index (κ1) is 23.5. The van der Waals surface area contributed by atoms with E-state index < -0.39 is 6.09 Å². The van der Waals surface area contributed by atoms with Crippen LogP contribution in [0.3, 0.4) is 0 Å². The van der Waals surface area contributed by atoms with E-state index in [0.717, 1.165) is 11.3 Å². The fourth-order valence-electron chi connectivity index (χ4n) is 3.51. The molecule has 0 atom stereocenters. The topological polar surface area (TPSA) is 55.8 Å². The summed E-state index contributed by atoms with van der Waals surface area (Å²) in [7, 11) is 0. The molecule has 0 aliphatic rings. The molecule has 0 N–H and O–H groups in total. The molecule has 4 aromatic rings. The number of anilines is 2. The van der Waals surface area contributed by atoms with Crippen molar-refractivity contribution < 1.29 is 19.1 Å². The molecule has 4 aromatic carbocycles. The number of ether oxygens (including phenoxy) is 2. The third kappa shape index (κ3) is 6.03. The van der Waals surface area contributed by atoms with Gasteiger partial charge in [-0.3, -0.25) is 4.79 Å². The van der Waals surface area contributed by atoms with Crippen molar-refractivity contribution in [1.29, 1.82) is 0 Å². The highest BCUT2D eigenvalue weighted by atomic mass is 16.6. The van der Waals surface area contributed by atoms with E-state index in [0.29, 0.717) is 29.3 Å². The van der Waals surface area contributed by atoms with E-state index in [1.54, 1.807) is 30.3 Å². The molecule has 0 spiro atoms. The summed E-state index contributed by atoms with van der Waals surface area (Å²) >= 11 is 0. The van der Waals surface area contributed by atoms with Crippen molar-refractivity contribution in [3.63, 3.8) is 0 Å². The van der Waals surface area contributed by atoms with Gasteiger partial charge in [-0.05, 0) is 73.7 Å². The Morgan fingerprint density at radius 2 is 1.31 bits per heavy atom. The van der Waals surface area contributed by atoms with E-state index in [9.17, 15) is 9.59 Å². The lowest BCUT2D eigenvalue weighted by Crippen LogP contribution is -2.29. The van der Waals surface area contributed by atoms with Crippen molar-refractivity contribution in [2.45, 2.75) is 6.92 Å². The number of hydrogen-bond donors (Lipinski definition) is 0. The summed E-state index contributed by atoms with van der Waals surface area (Å²) in [4.78, 5) is 27.2. The van der Waals surface area contributed by atoms with Crippen molar-refractivity contribution in [2.24, 2.45) is 0 Å². The zero-order valence-corrected chi connectivity index (χ0v) is 19.3. The smallest absolute Gasteiger partial charge is 0.424 e. The van der Waals surface area contributed by atoms with Gasteiger partial charge in [0, 0.05) is 11.1 Å². The highest BCUT2D eigenvalue weighted by Crippen LogP contribution is 2.27. The second-order valence-electron chi connectivity index (χ2n) is 7.57. The monoisotopic (exact) mass is 463 g/mol. The molecule has 4 rings (SSSR count). The number of carbonyl (C=O) groups is 2. The van der Waals surface area contributed by atoms with Crippen LogP contribution >= 0.6 is 0 Å². The first-order valence-corrected chi connectivity index (χ1v) is 11.3. The second kappa shape index (κ2) is 11.5. The van der Waals surface area contributed by atoms with Crippen LogP contribution in [0.5, 0.6) is 11.5 Å². The number of amides is 1. The van der Waals surface area contributed by atoms with Crippen molar-refractivity contribution in [3.8, 4) is 11.5 Å². The average molecular weight is 464 g/mol. The highest BCUT2D eigenvalue weighted by molar-refractivity contribution is 6.07. The van der Waals surface area contributed by atoms with Gasteiger partial charge >= 0.3 is 6.09 Å². The number of nitrogens with zero attached hydrogens (tertiary/aromatic N) is 1. The molecule has 0 aromatic heterocycles. The van der Waals surface area contributed by atoms with E-state index in [1.165, 1.54) is 11.0 Å². The molecule has 0 bridgehead atoms. The maximum absolute atomic E-state index is 13.1. The summed E-state index contributed by atoms with van der Waals surface area (Å²) in [6.07, 6.45) is 2.69. The molecule has 0 aliphatic heterocycles. The van der Waals surface area contributed by atoms with Crippen LogP contribution in [0.4, 0.5) is 16.2 Å². The van der Waals surface area contributed by atoms with Crippen LogP contribution in [0.1, 0.15) is 22.8 Å². The van der Waals surface area contributed by atoms with Crippen LogP contribution in [0.25, 0.3) is 6.08 Å². The summed E-state index contributed by atoms with van der Waals surface area (Å²) in [5.74, 6) is 0.904. The van der Waals surface area contributed by atoms with Crippen LogP contribution in [0, 0.1) is 0 Å². The average Bonchev–Trinajstić information content (AvgIpc) is 2.90. The normalized spacial score (nSPS) is 10.7. The van der Waals surface area contributed by atoms with E-state index in [-0.39, 0.29) is 5.78 Å². The van der Waals surface area contributed by atoms with E-state index in [1.807, 2.05) is 91.9 Å². The van der Waals surface area contributed by atoms with E-state index in [2.05, 4.69) is 0 Å². The van der Waals surface area contributed by atoms with E-state index >= 15 is 0 Å². The predicted octanol–water partition coefficient (Wildman–Crippen LogP) is 7.32. The molecule has 0 fully saturated rings. The van der Waals surface area contributed by atoms with Gasteiger partial charge in [-0.15, -0.1) is 0 Å². The largest absolute Gasteiger partial charge is 0.493 e. The molecular weight excluding hydrogens is 438 g/mol. The molecule has 0 unspecified atom stereocenters. The number of hydrogen-bond acceptors (Lipinski definition) is 4. The Kier molecular flexibility index (Phi) is 7.71. The Bertz CT molecular complexity index is 1260. The zero-order valence-electron chi connectivity index (χ0n) is 19.3. The van der Waals surface area contributed by atoms with Crippen molar-refractivity contribution in [1.82, 2.24) is 0 Å². The molecule has 0 radical (unpaired) electrons. The molecule has 1 amide bonds. The predicted molar refractivity (Wildman–Crippen MR) is 138 cm³/mol. The molecule has 5 heteroatoms. The molecule has 174 valence electrons. The Morgan fingerprint density at radius 1 is 0.743 bits per heavy atom. The summed E-state index contributed by atoms with van der Waals surface area (Å²) in [6.45, 7) is 2.46. The van der Waals surface area contributed by atoms with Crippen LogP contribution in [0.2, 0.25) is 0 Å². The van der Waals surface area contributed by atoms with Gasteiger partial charge in [-0.2, -0.15) is 0 Å². The standard InChI is InChI=1S/C30H25NO4/c1-2-34-29-16-10-9-11-24(29)19-22-28(32)23-17-20-27(21-18-23)35-30(33)31(25-12-5-3-6-13-25)26-14-7-4-8-15-26/h3-22H,2H2,1H3. The van der Waals surface area contributed by atoms with Gasteiger partial charge in [0.2, 0.25) is 0 Å². The minimum absolute atomic E-state index is 0.163. The van der Waals surface area contributed by atoms with Crippen LogP contribution < -0.4 is 14.4 Å². The lowest BCUT2D eigenvalue weighted by Gasteiger charge is -2.22. The van der Waals surface area contributed by atoms with Gasteiger partial charge in [0.1, 0.15) is 11.5 Å². The van der Waals surface area contributed by atoms with Crippen LogP contribution in [0.15, 0.2) is 115 Å². The van der Waals surface area contributed by atoms with Crippen LogP contribution in [-0.2, 0) is 0 Å². The number of rotatable bonds is 8. The molecule has 5 nitrogen and oxygen atoms in total. The van der Waals surface area contributed by atoms with E-state index in [4.69, 9.17) is 9.47 Å². The number of ketones is 1. The van der Waals surface area contributed by atoms with Crippen molar-refractivity contribution in [2.75, 3.05) is 11.5 Å². The summed E-state index contributed by atoms with van der Waals surface area (Å²) in [5.41, 5.74) is 2.69. The fraction of sp³-hybridized carbons (Fsp3) is 0.0667. The summed E-state index contributed by atoms with van der Waals surface area (Å²) < 4.78 is 11.2. The maximum atomic E-state index is 13.1. The summed E-state index contributed by atoms with van der Waals surface area (Å²) in [6, 6.07) is 32.6. The zero-order chi connectivity index (χ0) is 24.5. The van der Waals surface area contributed by atoms with Gasteiger partial charge in [0.05, 0.1) is 18.0 Å². The first-order valence-electron chi connectivity index (χ1n) is 11.3. The minimum Gasteiger partial charge on any atom is -0.493 e. The molecule has 35 heavy (non-hydrogen) atoms. The van der Waals surface area contributed by atoms with Crippen molar-refractivity contribution in [3.05, 3.63) is 126 Å². The third-order valence-electron chi connectivity index (χ3n) is 5.19. The highest BCUT2D eigenvalue weighted by Gasteiger charge is 2.20.